The summed E-state index contributed by atoms with van der Waals surface area (Å²) in [5, 5.41) is 0. The molecule has 1 heterocycles. The van der Waals surface area contributed by atoms with E-state index >= 15 is 0 Å². The average Bonchev–Trinajstić information content (AvgIpc) is 2.80. The summed E-state index contributed by atoms with van der Waals surface area (Å²) in [6.07, 6.45) is 9.39. The van der Waals surface area contributed by atoms with Gasteiger partial charge in [0.15, 0.2) is 0 Å². The van der Waals surface area contributed by atoms with Gasteiger partial charge in [-0.05, 0) is 25.0 Å². The topological polar surface area (TPSA) is 37.9 Å². The van der Waals surface area contributed by atoms with E-state index in [9.17, 15) is 0 Å². The van der Waals surface area contributed by atoms with Crippen molar-refractivity contribution in [1.29, 1.82) is 0 Å². The van der Waals surface area contributed by atoms with Crippen LogP contribution in [0.2, 0.25) is 0 Å². The maximum absolute atomic E-state index is 5.27. The highest BCUT2D eigenvalue weighted by atomic mass is 16.5. The third-order valence-corrected chi connectivity index (χ3v) is 4.20. The van der Waals surface area contributed by atoms with Crippen molar-refractivity contribution >= 4 is 11.0 Å². The quantitative estimate of drug-likeness (QED) is 0.867. The van der Waals surface area contributed by atoms with Crippen LogP contribution in [0.3, 0.4) is 0 Å². The van der Waals surface area contributed by atoms with Crippen LogP contribution in [-0.2, 0) is 0 Å². The zero-order chi connectivity index (χ0) is 13.1. The van der Waals surface area contributed by atoms with E-state index in [4.69, 9.17) is 9.72 Å². The molecule has 0 radical (unpaired) electrons. The molecular weight excluding hydrogens is 236 g/mol. The molecule has 1 aromatic carbocycles. The molecule has 102 valence electrons. The molecule has 1 fully saturated rings. The molecule has 3 nitrogen and oxygen atoms in total. The van der Waals surface area contributed by atoms with Crippen molar-refractivity contribution in [2.75, 3.05) is 7.11 Å². The summed E-state index contributed by atoms with van der Waals surface area (Å²) >= 11 is 0. The smallest absolute Gasteiger partial charge is 0.121 e. The van der Waals surface area contributed by atoms with Crippen molar-refractivity contribution in [3.05, 3.63) is 24.0 Å². The molecule has 1 saturated carbocycles. The SMILES string of the molecule is COc1ccc2nc(C3CCCCCCC3)[nH]c2c1. The molecule has 0 atom stereocenters. The molecule has 19 heavy (non-hydrogen) atoms. The summed E-state index contributed by atoms with van der Waals surface area (Å²) in [4.78, 5) is 8.27. The Bertz CT molecular complexity index is 539. The standard InChI is InChI=1S/C16H22N2O/c1-19-13-9-10-14-15(11-13)18-16(17-14)12-7-5-3-2-4-6-8-12/h9-12H,2-8H2,1H3,(H,17,18). The predicted octanol–water partition coefficient (Wildman–Crippen LogP) is 4.40. The number of hydrogen-bond acceptors (Lipinski definition) is 2. The Labute approximate surface area is 114 Å². The Kier molecular flexibility index (Phi) is 3.72. The number of fused-ring (bicyclic) bond motifs is 1. The Morgan fingerprint density at radius 2 is 1.84 bits per heavy atom. The van der Waals surface area contributed by atoms with Gasteiger partial charge in [-0.25, -0.2) is 4.98 Å². The molecule has 1 aromatic heterocycles. The van der Waals surface area contributed by atoms with E-state index in [-0.39, 0.29) is 0 Å². The Morgan fingerprint density at radius 3 is 2.58 bits per heavy atom. The van der Waals surface area contributed by atoms with Crippen LogP contribution >= 0.6 is 0 Å². The van der Waals surface area contributed by atoms with E-state index in [1.807, 2.05) is 18.2 Å². The lowest BCUT2D eigenvalue weighted by atomic mass is 9.91. The number of nitrogens with one attached hydrogen (secondary N) is 1. The van der Waals surface area contributed by atoms with Crippen molar-refractivity contribution < 1.29 is 4.74 Å². The molecule has 0 saturated heterocycles. The average molecular weight is 258 g/mol. The fourth-order valence-corrected chi connectivity index (χ4v) is 3.06. The van der Waals surface area contributed by atoms with Gasteiger partial charge < -0.3 is 9.72 Å². The van der Waals surface area contributed by atoms with Crippen LogP contribution in [0.25, 0.3) is 11.0 Å². The molecule has 0 bridgehead atoms. The minimum Gasteiger partial charge on any atom is -0.497 e. The number of imidazole rings is 1. The van der Waals surface area contributed by atoms with E-state index in [0.717, 1.165) is 16.8 Å². The second-order valence-corrected chi connectivity index (χ2v) is 5.55. The van der Waals surface area contributed by atoms with Crippen molar-refractivity contribution in [3.63, 3.8) is 0 Å². The molecule has 1 aliphatic carbocycles. The maximum Gasteiger partial charge on any atom is 0.121 e. The first-order valence-electron chi connectivity index (χ1n) is 7.40. The molecular formula is C16H22N2O. The highest BCUT2D eigenvalue weighted by molar-refractivity contribution is 5.76. The highest BCUT2D eigenvalue weighted by Gasteiger charge is 2.17. The minimum absolute atomic E-state index is 0.610. The van der Waals surface area contributed by atoms with E-state index in [1.165, 1.54) is 50.8 Å². The third-order valence-electron chi connectivity index (χ3n) is 4.20. The summed E-state index contributed by atoms with van der Waals surface area (Å²) in [6.45, 7) is 0. The van der Waals surface area contributed by atoms with Crippen molar-refractivity contribution in [2.24, 2.45) is 0 Å². The first kappa shape index (κ1) is 12.5. The van der Waals surface area contributed by atoms with E-state index < -0.39 is 0 Å². The summed E-state index contributed by atoms with van der Waals surface area (Å²) in [5.74, 6) is 2.67. The minimum atomic E-state index is 0.610. The molecule has 3 rings (SSSR count). The lowest BCUT2D eigenvalue weighted by molar-refractivity contribution is 0.415. The second kappa shape index (κ2) is 5.64. The van der Waals surface area contributed by atoms with Crippen LogP contribution in [-0.4, -0.2) is 17.1 Å². The van der Waals surface area contributed by atoms with Gasteiger partial charge in [0.1, 0.15) is 11.6 Å². The monoisotopic (exact) mass is 258 g/mol. The number of aromatic amines is 1. The molecule has 0 unspecified atom stereocenters. The van der Waals surface area contributed by atoms with Crippen LogP contribution in [0.15, 0.2) is 18.2 Å². The van der Waals surface area contributed by atoms with Gasteiger partial charge in [0.25, 0.3) is 0 Å². The zero-order valence-corrected chi connectivity index (χ0v) is 11.6. The second-order valence-electron chi connectivity index (χ2n) is 5.55. The van der Waals surface area contributed by atoms with Crippen molar-refractivity contribution in [1.82, 2.24) is 9.97 Å². The van der Waals surface area contributed by atoms with E-state index in [1.54, 1.807) is 7.11 Å². The van der Waals surface area contributed by atoms with E-state index in [2.05, 4.69) is 4.98 Å². The highest BCUT2D eigenvalue weighted by Crippen LogP contribution is 2.31. The van der Waals surface area contributed by atoms with Crippen molar-refractivity contribution in [2.45, 2.75) is 50.9 Å². The number of aromatic nitrogens is 2. The van der Waals surface area contributed by atoms with Gasteiger partial charge >= 0.3 is 0 Å². The first-order chi connectivity index (χ1) is 9.36. The normalized spacial score (nSPS) is 18.2. The van der Waals surface area contributed by atoms with E-state index in [0.29, 0.717) is 5.92 Å². The lowest BCUT2D eigenvalue weighted by Gasteiger charge is -2.17. The van der Waals surface area contributed by atoms with Gasteiger partial charge in [0.05, 0.1) is 18.1 Å². The Morgan fingerprint density at radius 1 is 1.11 bits per heavy atom. The fourth-order valence-electron chi connectivity index (χ4n) is 3.06. The third kappa shape index (κ3) is 2.75. The Hall–Kier alpha value is -1.51. The number of benzene rings is 1. The van der Waals surface area contributed by atoms with Gasteiger partial charge in [0, 0.05) is 12.0 Å². The van der Waals surface area contributed by atoms with Crippen LogP contribution < -0.4 is 4.74 Å². The summed E-state index contributed by atoms with van der Waals surface area (Å²) in [5.41, 5.74) is 2.15. The van der Waals surface area contributed by atoms with Gasteiger partial charge in [-0.2, -0.15) is 0 Å². The van der Waals surface area contributed by atoms with Gasteiger partial charge in [-0.3, -0.25) is 0 Å². The lowest BCUT2D eigenvalue weighted by Crippen LogP contribution is -2.04. The van der Waals surface area contributed by atoms with Crippen LogP contribution in [0.1, 0.15) is 56.7 Å². The number of ether oxygens (including phenoxy) is 1. The fraction of sp³-hybridized carbons (Fsp3) is 0.562. The Balaban J connectivity index is 1.86. The number of rotatable bonds is 2. The van der Waals surface area contributed by atoms with Gasteiger partial charge in [-0.15, -0.1) is 0 Å². The van der Waals surface area contributed by atoms with Gasteiger partial charge in [0.2, 0.25) is 0 Å². The molecule has 2 aromatic rings. The maximum atomic E-state index is 5.27. The molecule has 1 aliphatic rings. The molecule has 3 heteroatoms. The summed E-state index contributed by atoms with van der Waals surface area (Å²) < 4.78 is 5.27. The first-order valence-corrected chi connectivity index (χ1v) is 7.40. The van der Waals surface area contributed by atoms with Crippen LogP contribution in [0.5, 0.6) is 5.75 Å². The largest absolute Gasteiger partial charge is 0.497 e. The van der Waals surface area contributed by atoms with Gasteiger partial charge in [-0.1, -0.05) is 32.1 Å². The number of hydrogen-bond donors (Lipinski definition) is 1. The molecule has 0 amide bonds. The summed E-state index contributed by atoms with van der Waals surface area (Å²) in [7, 11) is 1.70. The predicted molar refractivity (Wildman–Crippen MR) is 77.7 cm³/mol. The number of H-pyrrole nitrogens is 1. The molecule has 0 aliphatic heterocycles. The zero-order valence-electron chi connectivity index (χ0n) is 11.6. The summed E-state index contributed by atoms with van der Waals surface area (Å²) in [6, 6.07) is 6.05. The number of methoxy groups -OCH3 is 1. The molecule has 1 N–H and O–H groups in total. The van der Waals surface area contributed by atoms with Crippen LogP contribution in [0, 0.1) is 0 Å². The van der Waals surface area contributed by atoms with Crippen molar-refractivity contribution in [3.8, 4) is 5.75 Å². The number of nitrogens with zero attached hydrogens (tertiary/aromatic N) is 1. The van der Waals surface area contributed by atoms with Crippen LogP contribution in [0.4, 0.5) is 0 Å². The molecule has 0 spiro atoms.